The first-order chi connectivity index (χ1) is 21.7. The van der Waals surface area contributed by atoms with E-state index in [4.69, 9.17) is 4.74 Å². The normalized spacial score (nSPS) is 13.0. The molecule has 0 spiro atoms. The molecule has 230 valence electrons. The van der Waals surface area contributed by atoms with Crippen LogP contribution in [-0.4, -0.2) is 43.2 Å². The number of aromatic nitrogens is 5. The van der Waals surface area contributed by atoms with Crippen molar-refractivity contribution in [3.63, 3.8) is 0 Å². The summed E-state index contributed by atoms with van der Waals surface area (Å²) < 4.78 is 21.9. The van der Waals surface area contributed by atoms with Gasteiger partial charge in [-0.15, -0.1) is 0 Å². The second-order valence-corrected chi connectivity index (χ2v) is 12.1. The Kier molecular flexibility index (Phi) is 8.52. The summed E-state index contributed by atoms with van der Waals surface area (Å²) in [5.74, 6) is 0.850. The van der Waals surface area contributed by atoms with E-state index in [1.54, 1.807) is 41.4 Å². The Morgan fingerprint density at radius 1 is 1.04 bits per heavy atom. The third kappa shape index (κ3) is 6.99. The summed E-state index contributed by atoms with van der Waals surface area (Å²) in [6, 6.07) is 13.4. The second kappa shape index (κ2) is 12.8. The lowest BCUT2D eigenvalue weighted by Crippen LogP contribution is -2.23. The molecule has 4 heterocycles. The fourth-order valence-electron chi connectivity index (χ4n) is 4.88. The summed E-state index contributed by atoms with van der Waals surface area (Å²) >= 11 is 1.47. The van der Waals surface area contributed by atoms with Crippen LogP contribution in [0.3, 0.4) is 0 Å². The van der Waals surface area contributed by atoms with Crippen molar-refractivity contribution >= 4 is 39.9 Å². The quantitative estimate of drug-likeness (QED) is 0.180. The van der Waals surface area contributed by atoms with Gasteiger partial charge in [-0.05, 0) is 73.2 Å². The molecule has 3 amide bonds. The van der Waals surface area contributed by atoms with Crippen LogP contribution < -0.4 is 20.3 Å². The van der Waals surface area contributed by atoms with Gasteiger partial charge in [-0.2, -0.15) is 5.10 Å². The van der Waals surface area contributed by atoms with Crippen LogP contribution in [0.15, 0.2) is 67.1 Å². The summed E-state index contributed by atoms with van der Waals surface area (Å²) in [6.45, 7) is 6.69. The van der Waals surface area contributed by atoms with Crippen LogP contribution in [0.25, 0.3) is 16.1 Å². The lowest BCUT2D eigenvalue weighted by atomic mass is 10.1. The van der Waals surface area contributed by atoms with Gasteiger partial charge in [0.1, 0.15) is 23.1 Å². The van der Waals surface area contributed by atoms with Gasteiger partial charge in [0.05, 0.1) is 28.7 Å². The van der Waals surface area contributed by atoms with Crippen molar-refractivity contribution in [2.24, 2.45) is 5.92 Å². The molecular weight excluding hydrogens is 595 g/mol. The number of hydrogen-bond donors (Lipinski definition) is 2. The van der Waals surface area contributed by atoms with Crippen LogP contribution >= 0.6 is 11.3 Å². The molecule has 1 saturated heterocycles. The average molecular weight is 627 g/mol. The van der Waals surface area contributed by atoms with Gasteiger partial charge in [0.15, 0.2) is 5.13 Å². The summed E-state index contributed by atoms with van der Waals surface area (Å²) in [6.07, 6.45) is 6.71. The molecule has 0 saturated carbocycles. The van der Waals surface area contributed by atoms with Crippen molar-refractivity contribution in [2.75, 3.05) is 22.1 Å². The van der Waals surface area contributed by atoms with Crippen molar-refractivity contribution in [3.05, 3.63) is 84.2 Å². The molecule has 5 aromatic rings. The highest BCUT2D eigenvalue weighted by Gasteiger charge is 2.24. The number of thiazole rings is 1. The number of nitrogens with one attached hydrogen (secondary N) is 2. The molecule has 1 aliphatic rings. The van der Waals surface area contributed by atoms with Gasteiger partial charge in [0.2, 0.25) is 5.91 Å². The van der Waals surface area contributed by atoms with Crippen LogP contribution in [-0.2, 0) is 11.2 Å². The van der Waals surface area contributed by atoms with Gasteiger partial charge in [0, 0.05) is 25.2 Å². The average Bonchev–Trinajstić information content (AvgIpc) is 3.76. The molecule has 11 nitrogen and oxygen atoms in total. The maximum absolute atomic E-state index is 14.7. The van der Waals surface area contributed by atoms with Crippen molar-refractivity contribution in [1.29, 1.82) is 0 Å². The van der Waals surface area contributed by atoms with Gasteiger partial charge in [-0.3, -0.25) is 15.0 Å². The predicted octanol–water partition coefficient (Wildman–Crippen LogP) is 6.99. The van der Waals surface area contributed by atoms with E-state index in [0.717, 1.165) is 28.1 Å². The number of benzene rings is 2. The van der Waals surface area contributed by atoms with E-state index in [2.05, 4.69) is 44.5 Å². The zero-order valence-electron chi connectivity index (χ0n) is 25.0. The third-order valence-corrected chi connectivity index (χ3v) is 8.05. The highest BCUT2D eigenvalue weighted by atomic mass is 32.1. The second-order valence-electron chi connectivity index (χ2n) is 11.1. The van der Waals surface area contributed by atoms with E-state index < -0.39 is 11.8 Å². The van der Waals surface area contributed by atoms with E-state index >= 15 is 0 Å². The Bertz CT molecular complexity index is 1840. The van der Waals surface area contributed by atoms with Gasteiger partial charge < -0.3 is 10.1 Å². The van der Waals surface area contributed by atoms with E-state index in [0.29, 0.717) is 47.7 Å². The molecule has 2 N–H and O–H groups in total. The highest BCUT2D eigenvalue weighted by Crippen LogP contribution is 2.34. The van der Waals surface area contributed by atoms with Crippen LogP contribution in [0.4, 0.5) is 25.8 Å². The molecule has 0 bridgehead atoms. The Balaban J connectivity index is 1.08. The fraction of sp³-hybridized carbons (Fsp3) is 0.250. The minimum atomic E-state index is -0.562. The lowest BCUT2D eigenvalue weighted by Gasteiger charge is -2.11. The number of hydrogen-bond acceptors (Lipinski definition) is 8. The van der Waals surface area contributed by atoms with Gasteiger partial charge >= 0.3 is 12.0 Å². The minimum Gasteiger partial charge on any atom is -0.424 e. The van der Waals surface area contributed by atoms with Gasteiger partial charge in [0.25, 0.3) is 0 Å². The standard InChI is InChI=1S/C32H31FN8O3S/c1-19(2)13-22-15-28(41(39-22)26-14-20(3)6-11-25(26)33)38-30(43)37-23-16-34-31(35-17-23)44-24-9-7-21(8-10-24)27-18-36-32(45-27)40-12-4-5-29(40)42/h6-11,14-19H,4-5,12-13H2,1-3H3,(H2,37,38,43). The number of urea groups is 1. The summed E-state index contributed by atoms with van der Waals surface area (Å²) in [5.41, 5.74) is 3.13. The number of halogens is 1. The van der Waals surface area contributed by atoms with Crippen LogP contribution in [0, 0.1) is 18.7 Å². The number of ether oxygens (including phenoxy) is 1. The predicted molar refractivity (Wildman–Crippen MR) is 171 cm³/mol. The first kappa shape index (κ1) is 29.9. The van der Waals surface area contributed by atoms with E-state index in [9.17, 15) is 14.0 Å². The first-order valence-corrected chi connectivity index (χ1v) is 15.3. The zero-order chi connectivity index (χ0) is 31.5. The van der Waals surface area contributed by atoms with E-state index in [1.165, 1.54) is 34.5 Å². The SMILES string of the molecule is Cc1ccc(F)c(-n2nc(CC(C)C)cc2NC(=O)Nc2cnc(Oc3ccc(-c4cnc(N5CCCC5=O)s4)cc3)nc2)c1. The van der Waals surface area contributed by atoms with E-state index in [1.807, 2.05) is 19.1 Å². The third-order valence-electron chi connectivity index (χ3n) is 6.98. The van der Waals surface area contributed by atoms with Gasteiger partial charge in [-0.25, -0.2) is 28.8 Å². The van der Waals surface area contributed by atoms with Gasteiger partial charge in [-0.1, -0.05) is 31.3 Å². The topological polar surface area (TPSA) is 127 Å². The Morgan fingerprint density at radius 3 is 2.53 bits per heavy atom. The molecule has 0 atom stereocenters. The zero-order valence-corrected chi connectivity index (χ0v) is 25.8. The highest BCUT2D eigenvalue weighted by molar-refractivity contribution is 7.19. The maximum Gasteiger partial charge on any atom is 0.324 e. The molecule has 13 heteroatoms. The number of aryl methyl sites for hydroxylation is 1. The molecule has 0 unspecified atom stereocenters. The Hall–Kier alpha value is -5.17. The first-order valence-electron chi connectivity index (χ1n) is 14.5. The summed E-state index contributed by atoms with van der Waals surface area (Å²) in [5, 5.41) is 10.7. The number of carbonyl (C=O) groups excluding carboxylic acids is 2. The molecule has 0 radical (unpaired) electrons. The number of anilines is 3. The molecule has 0 aliphatic carbocycles. The number of nitrogens with zero attached hydrogens (tertiary/aromatic N) is 6. The molecule has 3 aromatic heterocycles. The van der Waals surface area contributed by atoms with Crippen LogP contribution in [0.2, 0.25) is 0 Å². The minimum absolute atomic E-state index is 0.104. The van der Waals surface area contributed by atoms with Crippen molar-refractivity contribution in [2.45, 2.75) is 40.0 Å². The van der Waals surface area contributed by atoms with Crippen molar-refractivity contribution in [3.8, 4) is 27.9 Å². The smallest absolute Gasteiger partial charge is 0.324 e. The summed E-state index contributed by atoms with van der Waals surface area (Å²) in [7, 11) is 0. The molecular formula is C32H31FN8O3S. The lowest BCUT2D eigenvalue weighted by molar-refractivity contribution is -0.117. The largest absolute Gasteiger partial charge is 0.424 e. The Morgan fingerprint density at radius 2 is 1.82 bits per heavy atom. The van der Waals surface area contributed by atoms with Crippen LogP contribution in [0.5, 0.6) is 11.8 Å². The molecule has 2 aromatic carbocycles. The Labute approximate surface area is 263 Å². The maximum atomic E-state index is 14.7. The molecule has 1 aliphatic heterocycles. The molecule has 1 fully saturated rings. The monoisotopic (exact) mass is 626 g/mol. The number of rotatable bonds is 9. The summed E-state index contributed by atoms with van der Waals surface area (Å²) in [4.78, 5) is 40.4. The molecule has 45 heavy (non-hydrogen) atoms. The number of amides is 3. The van der Waals surface area contributed by atoms with Crippen molar-refractivity contribution < 1.29 is 18.7 Å². The number of carbonyl (C=O) groups is 2. The molecule has 6 rings (SSSR count). The van der Waals surface area contributed by atoms with Crippen LogP contribution in [0.1, 0.15) is 37.9 Å². The fourth-order valence-corrected chi connectivity index (χ4v) is 5.85. The van der Waals surface area contributed by atoms with Crippen molar-refractivity contribution in [1.82, 2.24) is 24.7 Å². The van der Waals surface area contributed by atoms with E-state index in [-0.39, 0.29) is 17.6 Å².